The quantitative estimate of drug-likeness (QED) is 0.0622. The average molecular weight is 771 g/mol. The molecule has 3 saturated heterocycles. The second-order valence-electron chi connectivity index (χ2n) is 13.3. The van der Waals surface area contributed by atoms with Gasteiger partial charge in [0, 0.05) is 6.08 Å². The maximum absolute atomic E-state index is 13.3. The van der Waals surface area contributed by atoms with Crippen LogP contribution in [0, 0.1) is 0 Å². The number of phenols is 4. The van der Waals surface area contributed by atoms with Gasteiger partial charge in [0.05, 0.1) is 25.4 Å². The zero-order chi connectivity index (χ0) is 39.4. The number of aliphatic hydroxyl groups is 7. The van der Waals surface area contributed by atoms with Gasteiger partial charge >= 0.3 is 5.97 Å². The molecular weight excluding hydrogens is 724 g/mol. The first-order valence-electron chi connectivity index (χ1n) is 17.1. The van der Waals surface area contributed by atoms with Gasteiger partial charge in [-0.2, -0.15) is 0 Å². The molecule has 0 aliphatic carbocycles. The number of ether oxygens (including phenoxy) is 7. The van der Waals surface area contributed by atoms with Crippen molar-refractivity contribution in [2.45, 2.75) is 112 Å². The predicted octanol–water partition coefficient (Wildman–Crippen LogP) is -2.16. The van der Waals surface area contributed by atoms with Crippen LogP contribution in [0.25, 0.3) is 6.08 Å². The monoisotopic (exact) mass is 770 g/mol. The second-order valence-corrected chi connectivity index (χ2v) is 13.3. The molecule has 2 aromatic rings. The van der Waals surface area contributed by atoms with E-state index in [9.17, 15) is 61.0 Å². The molecule has 0 saturated carbocycles. The smallest absolute Gasteiger partial charge is 0.331 e. The van der Waals surface area contributed by atoms with Crippen molar-refractivity contribution in [3.8, 4) is 23.0 Å². The molecule has 0 amide bonds. The molecule has 0 radical (unpaired) electrons. The molecule has 0 spiro atoms. The Kier molecular flexibility index (Phi) is 13.7. The van der Waals surface area contributed by atoms with E-state index in [2.05, 4.69) is 0 Å². The molecule has 15 atom stereocenters. The first kappa shape index (κ1) is 41.5. The molecule has 300 valence electrons. The van der Waals surface area contributed by atoms with E-state index in [0.29, 0.717) is 5.56 Å². The molecule has 0 unspecified atom stereocenters. The Labute approximate surface area is 308 Å². The average Bonchev–Trinajstić information content (AvgIpc) is 3.14. The summed E-state index contributed by atoms with van der Waals surface area (Å²) in [6.45, 7) is 2.06. The summed E-state index contributed by atoms with van der Waals surface area (Å²) >= 11 is 0. The zero-order valence-corrected chi connectivity index (χ0v) is 29.1. The van der Waals surface area contributed by atoms with Crippen LogP contribution in [-0.2, 0) is 44.4 Å². The molecule has 0 bridgehead atoms. The number of hydrogen-bond donors (Lipinski definition) is 11. The summed E-state index contributed by atoms with van der Waals surface area (Å²) in [7, 11) is 0. The molecule has 11 N–H and O–H groups in total. The summed E-state index contributed by atoms with van der Waals surface area (Å²) < 4.78 is 40.4. The number of hydrogen-bond acceptors (Lipinski definition) is 19. The van der Waals surface area contributed by atoms with E-state index in [1.165, 1.54) is 56.3 Å². The lowest BCUT2D eigenvalue weighted by Gasteiger charge is -2.47. The molecule has 3 aliphatic rings. The van der Waals surface area contributed by atoms with Crippen LogP contribution in [0.5, 0.6) is 23.0 Å². The summed E-state index contributed by atoms with van der Waals surface area (Å²) in [5.74, 6) is -2.62. The highest BCUT2D eigenvalue weighted by Crippen LogP contribution is 2.33. The molecule has 19 nitrogen and oxygen atoms in total. The van der Waals surface area contributed by atoms with Crippen molar-refractivity contribution in [1.82, 2.24) is 0 Å². The van der Waals surface area contributed by atoms with Gasteiger partial charge < -0.3 is 89.3 Å². The van der Waals surface area contributed by atoms with E-state index in [1.54, 1.807) is 0 Å². The third-order valence-electron chi connectivity index (χ3n) is 9.32. The normalized spacial score (nSPS) is 37.3. The summed E-state index contributed by atoms with van der Waals surface area (Å²) in [4.78, 5) is 13.3. The van der Waals surface area contributed by atoms with E-state index in [4.69, 9.17) is 33.2 Å². The Morgan fingerprint density at radius 1 is 0.648 bits per heavy atom. The first-order valence-corrected chi connectivity index (χ1v) is 17.1. The molecular formula is C35H46O19. The fourth-order valence-corrected chi connectivity index (χ4v) is 6.08. The van der Waals surface area contributed by atoms with Crippen molar-refractivity contribution in [1.29, 1.82) is 0 Å². The van der Waals surface area contributed by atoms with Crippen LogP contribution >= 0.6 is 0 Å². The number of aliphatic hydroxyl groups excluding tert-OH is 7. The van der Waals surface area contributed by atoms with Gasteiger partial charge in [-0.3, -0.25) is 0 Å². The van der Waals surface area contributed by atoms with Crippen molar-refractivity contribution in [2.75, 3.05) is 13.2 Å². The highest BCUT2D eigenvalue weighted by atomic mass is 16.8. The minimum Gasteiger partial charge on any atom is -0.504 e. The highest BCUT2D eigenvalue weighted by molar-refractivity contribution is 5.87. The molecule has 3 aliphatic heterocycles. The third kappa shape index (κ3) is 9.58. The minimum atomic E-state index is -1.86. The molecule has 54 heavy (non-hydrogen) atoms. The standard InChI is InChI=1S/C35H46O19/c1-14-24(41)26(43)28(45)33(50-14)49-13-22-31(53-23(40)8-5-16-3-6-18(36)20(38)11-16)32(54-35-29(46)27(44)25(42)15(2)51-35)30(47)34(52-22)48-10-9-17-4-7-19(37)21(39)12-17/h3-8,11-12,14-15,22,24-39,41-47H,9-10,13H2,1-2H3/t14-,15-,22+,24-,25-,26-,27-,28+,29-,30+,31+,32+,33+,34+,35-/m0/s1. The van der Waals surface area contributed by atoms with Crippen LogP contribution in [-0.4, -0.2) is 167 Å². The summed E-state index contributed by atoms with van der Waals surface area (Å²) in [5.41, 5.74) is 0.811. The van der Waals surface area contributed by atoms with Crippen LogP contribution in [0.2, 0.25) is 0 Å². The van der Waals surface area contributed by atoms with E-state index >= 15 is 0 Å². The summed E-state index contributed by atoms with van der Waals surface area (Å²) in [5, 5.41) is 113. The lowest BCUT2D eigenvalue weighted by atomic mass is 9.96. The minimum absolute atomic E-state index is 0.134. The van der Waals surface area contributed by atoms with Gasteiger partial charge in [0.25, 0.3) is 0 Å². The number of esters is 1. The van der Waals surface area contributed by atoms with Gasteiger partial charge in [-0.1, -0.05) is 12.1 Å². The molecule has 3 heterocycles. The Hall–Kier alpha value is -3.67. The maximum Gasteiger partial charge on any atom is 0.331 e. The first-order chi connectivity index (χ1) is 25.5. The van der Waals surface area contributed by atoms with Gasteiger partial charge in [-0.25, -0.2) is 4.79 Å². The van der Waals surface area contributed by atoms with Crippen LogP contribution in [0.4, 0.5) is 0 Å². The van der Waals surface area contributed by atoms with Gasteiger partial charge in [-0.05, 0) is 61.7 Å². The summed E-state index contributed by atoms with van der Waals surface area (Å²) in [6, 6.07) is 7.83. The Bertz CT molecular complexity index is 1590. The van der Waals surface area contributed by atoms with Crippen molar-refractivity contribution in [3.05, 3.63) is 53.6 Å². The zero-order valence-electron chi connectivity index (χ0n) is 29.1. The number of aromatic hydroxyl groups is 4. The fourth-order valence-electron chi connectivity index (χ4n) is 6.08. The molecule has 2 aromatic carbocycles. The second kappa shape index (κ2) is 17.9. The number of phenolic OH excluding ortho intramolecular Hbond substituents is 4. The maximum atomic E-state index is 13.3. The number of carbonyl (C=O) groups is 1. The van der Waals surface area contributed by atoms with E-state index in [1.807, 2.05) is 0 Å². The van der Waals surface area contributed by atoms with Gasteiger partial charge in [0.2, 0.25) is 0 Å². The Morgan fingerprint density at radius 2 is 1.22 bits per heavy atom. The predicted molar refractivity (Wildman–Crippen MR) is 178 cm³/mol. The molecule has 3 fully saturated rings. The van der Waals surface area contributed by atoms with Crippen LogP contribution in [0.15, 0.2) is 42.5 Å². The van der Waals surface area contributed by atoms with Gasteiger partial charge in [0.1, 0.15) is 54.9 Å². The number of carbonyl (C=O) groups excluding carboxylic acids is 1. The van der Waals surface area contributed by atoms with Crippen molar-refractivity contribution < 1.29 is 94.1 Å². The lowest BCUT2D eigenvalue weighted by molar-refractivity contribution is -0.363. The Balaban J connectivity index is 1.43. The lowest BCUT2D eigenvalue weighted by Crippen LogP contribution is -2.65. The molecule has 19 heteroatoms. The van der Waals surface area contributed by atoms with Gasteiger partial charge in [0.15, 0.2) is 48.0 Å². The van der Waals surface area contributed by atoms with E-state index in [-0.39, 0.29) is 30.1 Å². The van der Waals surface area contributed by atoms with Crippen LogP contribution < -0.4 is 0 Å². The summed E-state index contributed by atoms with van der Waals surface area (Å²) in [6.07, 6.45) is -21.1. The van der Waals surface area contributed by atoms with E-state index < -0.39 is 116 Å². The molecule has 0 aromatic heterocycles. The molecule has 5 rings (SSSR count). The number of rotatable bonds is 12. The topological polar surface area (TPSA) is 304 Å². The van der Waals surface area contributed by atoms with Crippen LogP contribution in [0.3, 0.4) is 0 Å². The largest absolute Gasteiger partial charge is 0.504 e. The number of benzene rings is 2. The van der Waals surface area contributed by atoms with E-state index in [0.717, 1.165) is 6.08 Å². The third-order valence-corrected chi connectivity index (χ3v) is 9.32. The van der Waals surface area contributed by atoms with Crippen molar-refractivity contribution in [3.63, 3.8) is 0 Å². The van der Waals surface area contributed by atoms with Crippen molar-refractivity contribution in [2.24, 2.45) is 0 Å². The Morgan fingerprint density at radius 3 is 1.85 bits per heavy atom. The fraction of sp³-hybridized carbons (Fsp3) is 0.571. The van der Waals surface area contributed by atoms with Crippen LogP contribution in [0.1, 0.15) is 25.0 Å². The van der Waals surface area contributed by atoms with Crippen molar-refractivity contribution >= 4 is 12.0 Å². The highest BCUT2D eigenvalue weighted by Gasteiger charge is 2.53. The SMILES string of the molecule is C[C@@H]1O[C@@H](O[C@@H]2[C@@H](O)[C@H](OCCc3ccc(O)c(O)c3)O[C@H](CO[C@@H]3O[C@@H](C)[C@H](O)[C@H](O)[C@H]3O)[C@H]2OC(=O)C=Cc2ccc(O)c(O)c2)[C@@H](O)[C@@H](O)[C@H]1O. The van der Waals surface area contributed by atoms with Gasteiger partial charge in [-0.15, -0.1) is 0 Å².